The fourth-order valence-electron chi connectivity index (χ4n) is 20.5. The van der Waals surface area contributed by atoms with Crippen LogP contribution in [0.2, 0.25) is 0 Å². The molecule has 0 saturated carbocycles. The summed E-state index contributed by atoms with van der Waals surface area (Å²) < 4.78 is 103. The third-order valence-electron chi connectivity index (χ3n) is 29.0. The molecule has 20 aromatic rings. The van der Waals surface area contributed by atoms with Crippen LogP contribution in [0.1, 0.15) is 234 Å². The van der Waals surface area contributed by atoms with Crippen molar-refractivity contribution in [3.05, 3.63) is 378 Å². The normalized spacial score (nSPS) is 13.2. The summed E-state index contributed by atoms with van der Waals surface area (Å²) in [4.78, 5) is 15.4. The highest BCUT2D eigenvalue weighted by molar-refractivity contribution is 6.19. The molecule has 20 rings (SSSR count). The number of pyridine rings is 4. The lowest BCUT2D eigenvalue weighted by Gasteiger charge is -2.19. The Morgan fingerprint density at radius 3 is 0.841 bits per heavy atom. The van der Waals surface area contributed by atoms with Gasteiger partial charge in [0, 0.05) is 151 Å². The van der Waals surface area contributed by atoms with Gasteiger partial charge in [-0.05, 0) is 179 Å². The molecular formula is C133H134N8O4+4. The average molecular weight is 1920 g/mol. The molecule has 8 aromatic heterocycles. The van der Waals surface area contributed by atoms with E-state index in [1.54, 1.807) is 6.07 Å². The largest absolute Gasteiger partial charge is 0.456 e. The van der Waals surface area contributed by atoms with Gasteiger partial charge in [0.05, 0.1) is 48.5 Å². The van der Waals surface area contributed by atoms with E-state index < -0.39 is 30.9 Å². The fourth-order valence-corrected chi connectivity index (χ4v) is 20.5. The van der Waals surface area contributed by atoms with Crippen LogP contribution in [0.5, 0.6) is 0 Å². The van der Waals surface area contributed by atoms with Crippen LogP contribution >= 0.6 is 0 Å². The first kappa shape index (κ1) is 90.7. The molecule has 1 unspecified atom stereocenters. The summed E-state index contributed by atoms with van der Waals surface area (Å²) in [6.07, 6.45) is -2.93. The van der Waals surface area contributed by atoms with E-state index in [9.17, 15) is 0 Å². The number of aromatic nitrogens is 4. The minimum atomic E-state index is -2.47. The van der Waals surface area contributed by atoms with E-state index in [2.05, 4.69) is 288 Å². The lowest BCUT2D eigenvalue weighted by molar-refractivity contribution is -0.667. The maximum Gasteiger partial charge on any atom is 0.216 e. The molecule has 0 bridgehead atoms. The molecule has 0 aliphatic heterocycles. The molecule has 145 heavy (non-hydrogen) atoms. The molecule has 0 fully saturated rings. The van der Waals surface area contributed by atoms with E-state index in [-0.39, 0.29) is 5.92 Å². The van der Waals surface area contributed by atoms with Crippen LogP contribution in [0.15, 0.2) is 260 Å². The number of rotatable bonds is 16. The minimum Gasteiger partial charge on any atom is -0.456 e. The lowest BCUT2D eigenvalue weighted by Crippen LogP contribution is -2.36. The molecule has 0 amide bonds. The fraction of sp³-hybridized carbons (Fsp3) is 0.278. The molecule has 12 nitrogen and oxygen atoms in total. The second-order valence-corrected chi connectivity index (χ2v) is 41.6. The van der Waals surface area contributed by atoms with E-state index in [1.807, 2.05) is 167 Å². The zero-order valence-electron chi connectivity index (χ0n) is 96.7. The molecule has 0 radical (unpaired) electrons. The van der Waals surface area contributed by atoms with E-state index in [0.717, 1.165) is 189 Å². The van der Waals surface area contributed by atoms with Gasteiger partial charge < -0.3 is 17.7 Å². The number of hydrogen-bond acceptors (Lipinski definition) is 4. The Kier molecular flexibility index (Phi) is 25.4. The molecule has 0 aliphatic rings. The highest BCUT2D eigenvalue weighted by Gasteiger charge is 2.33. The quantitative estimate of drug-likeness (QED) is 0.0712. The monoisotopic (exact) mass is 1920 g/mol. The number of fused-ring (bicyclic) bond motifs is 12. The molecule has 0 aliphatic carbocycles. The van der Waals surface area contributed by atoms with E-state index in [0.29, 0.717) is 85.6 Å². The molecule has 1 atom stereocenters. The Morgan fingerprint density at radius 2 is 0.566 bits per heavy atom. The molecule has 12 heteroatoms. The minimum absolute atomic E-state index is 0.146. The first-order valence-corrected chi connectivity index (χ1v) is 50.2. The second kappa shape index (κ2) is 40.7. The number of benzene rings is 12. The average Bonchev–Trinajstić information content (AvgIpc) is 1.49. The Hall–Kier alpha value is -15.6. The van der Waals surface area contributed by atoms with Crippen molar-refractivity contribution in [3.8, 4) is 89.5 Å². The van der Waals surface area contributed by atoms with Gasteiger partial charge in [-0.3, -0.25) is 0 Å². The van der Waals surface area contributed by atoms with Crippen LogP contribution in [0, 0.1) is 99.9 Å². The third kappa shape index (κ3) is 19.0. The number of aryl methyl sites for hydroxylation is 6. The number of furan rings is 4. The molecule has 12 aromatic carbocycles. The molecule has 0 spiro atoms. The van der Waals surface area contributed by atoms with Crippen LogP contribution in [-0.2, 0) is 40.9 Å². The van der Waals surface area contributed by atoms with Crippen molar-refractivity contribution in [2.24, 2.45) is 39.5 Å². The van der Waals surface area contributed by atoms with Gasteiger partial charge in [-0.1, -0.05) is 298 Å². The van der Waals surface area contributed by atoms with Crippen LogP contribution < -0.4 is 18.3 Å². The van der Waals surface area contributed by atoms with Crippen molar-refractivity contribution < 1.29 is 46.9 Å². The van der Waals surface area contributed by atoms with Crippen LogP contribution in [-0.4, -0.2) is 0 Å². The van der Waals surface area contributed by atoms with Crippen molar-refractivity contribution in [2.75, 3.05) is 0 Å². The molecule has 8 heterocycles. The maximum absolute atomic E-state index is 8.87. The summed E-state index contributed by atoms with van der Waals surface area (Å²) in [5.41, 5.74) is 38.9. The lowest BCUT2D eigenvalue weighted by atomic mass is 9.87. The maximum atomic E-state index is 8.87. The Bertz CT molecular complexity index is 8860. The summed E-state index contributed by atoms with van der Waals surface area (Å²) in [7, 11) is 7.98. The third-order valence-corrected chi connectivity index (χ3v) is 29.0. The highest BCUT2D eigenvalue weighted by Crippen LogP contribution is 2.52. The molecule has 0 saturated heterocycles. The van der Waals surface area contributed by atoms with Gasteiger partial charge in [0.1, 0.15) is 72.9 Å². The van der Waals surface area contributed by atoms with E-state index >= 15 is 0 Å². The Balaban J connectivity index is 0.000000139. The first-order chi connectivity index (χ1) is 72.3. The number of hydrogen-bond donors (Lipinski definition) is 0. The topological polar surface area (TPSA) is 85.5 Å². The van der Waals surface area contributed by atoms with Gasteiger partial charge in [-0.25, -0.2) is 19.4 Å². The van der Waals surface area contributed by atoms with Gasteiger partial charge in [-0.2, -0.15) is 18.3 Å². The van der Waals surface area contributed by atoms with Crippen molar-refractivity contribution in [3.63, 3.8) is 0 Å². The van der Waals surface area contributed by atoms with E-state index in [4.69, 9.17) is 54.9 Å². The van der Waals surface area contributed by atoms with Gasteiger partial charge in [0.25, 0.3) is 0 Å². The van der Waals surface area contributed by atoms with Crippen LogP contribution in [0.4, 0.5) is 22.7 Å². The van der Waals surface area contributed by atoms with Gasteiger partial charge in [-0.15, -0.1) is 0 Å². The van der Waals surface area contributed by atoms with Crippen molar-refractivity contribution in [1.29, 1.82) is 0 Å². The Labute approximate surface area is 867 Å². The Morgan fingerprint density at radius 1 is 0.303 bits per heavy atom. The highest BCUT2D eigenvalue weighted by atomic mass is 16.3. The zero-order valence-corrected chi connectivity index (χ0v) is 88.7. The number of nitrogens with zero attached hydrogens (tertiary/aromatic N) is 8. The van der Waals surface area contributed by atoms with Crippen molar-refractivity contribution >= 4 is 111 Å². The second-order valence-electron chi connectivity index (χ2n) is 41.6. The molecule has 0 N–H and O–H groups in total. The molecule has 726 valence electrons. The SMILES string of the molecule is [2H]C([2H])([2H])C([2H])(C)c1ccc(-c2c(C)ccc3c2oc2c(-c4ccc(C(C)C)cc4)c([N+]#[C-])ccc23)[n+](C)c1C.[2H]C([2H])(c1ccc(-c2c(C)ccc3c2oc2c(-c4ccc(C(C)C)cc4)c([N+]#[C-])ccc23)[n+](C)c1C)C(C)(C)C.[2H]C([2H])(c1ccc(-c2c(C)ccc3c2oc2c(-c4ccc(C(C)C)cc4)c([N+]#[C-])ccc23)[n+](C)c1C)C(C)C.[C-]#[N+]c1ccc2c(oc3c(-c4cc(C)cc(C)[n+]4C)c(C)ccc32)c1-c1ccc(C(C)C)cc1. The summed E-state index contributed by atoms with van der Waals surface area (Å²) in [6.45, 7) is 75.8. The van der Waals surface area contributed by atoms with Gasteiger partial charge >= 0.3 is 0 Å². The van der Waals surface area contributed by atoms with Crippen molar-refractivity contribution in [2.45, 2.75) is 208 Å². The summed E-state index contributed by atoms with van der Waals surface area (Å²) >= 11 is 0. The smallest absolute Gasteiger partial charge is 0.216 e. The van der Waals surface area contributed by atoms with Crippen LogP contribution in [0.3, 0.4) is 0 Å². The first-order valence-electron chi connectivity index (χ1n) is 54.2. The summed E-state index contributed by atoms with van der Waals surface area (Å²) in [5, 5.41) is 7.95. The van der Waals surface area contributed by atoms with E-state index in [1.165, 1.54) is 46.0 Å². The zero-order chi connectivity index (χ0) is 111. The predicted octanol–water partition coefficient (Wildman–Crippen LogP) is 36.4. The summed E-state index contributed by atoms with van der Waals surface area (Å²) in [5.74, 6) is -0.170. The van der Waals surface area contributed by atoms with Gasteiger partial charge in [0.15, 0.2) is 45.5 Å². The van der Waals surface area contributed by atoms with Crippen LogP contribution in [0.25, 0.3) is 197 Å². The van der Waals surface area contributed by atoms with Crippen molar-refractivity contribution in [1.82, 2.24) is 0 Å². The standard InChI is InChI=1S/C35H37N2O.C34H35N2O.C33H33N2O.C31H29N2O/c1-21(2)24-11-13-25(14-12-24)32-29(36-8)18-17-28-27-16-10-22(3)31(33(27)38-34(28)32)30-19-15-26(20-35(5,6)7)23(4)37(30)9;1-20(2)19-26-14-18-30(36(8)23(26)6)31-22(5)9-15-27-28-16-17-29(35-7)32(34(28)37-33(27)31)25-12-10-24(11-13-25)21(3)4;1-19(2)23-10-12-24(13-11-23)31-28(34-7)17-15-27-26-14-9-21(5)30(32(26)36-33(27)31)29-18-16-25(20(3)4)22(6)35(29)8;1-18(2)22-9-11-23(12-10-22)29-26(32-6)15-14-25-24-13-8-20(4)28(30(24)34-31(25)29)27-17-19(3)16-21(5)33(27)7/h10-19,21H,20H2,1-7,9H3;9-18,20-21H,19H2,1-6,8H3;9-20H,1-6,8H3;8-18H,1-5,7H3/q4*+1/i20D2;19D2;3D3,20D;. The predicted molar refractivity (Wildman–Crippen MR) is 603 cm³/mol. The summed E-state index contributed by atoms with van der Waals surface area (Å²) in [6, 6.07) is 82.0. The molecular weight excluding hydrogens is 1770 g/mol. The van der Waals surface area contributed by atoms with Gasteiger partial charge in [0.2, 0.25) is 22.8 Å².